The second-order valence-corrected chi connectivity index (χ2v) is 5.25. The molecule has 0 aromatic heterocycles. The van der Waals surface area contributed by atoms with Crippen LogP contribution in [0.4, 0.5) is 5.69 Å². The average Bonchev–Trinajstić information content (AvgIpc) is 2.24. The van der Waals surface area contributed by atoms with E-state index in [9.17, 15) is 4.21 Å². The van der Waals surface area contributed by atoms with Gasteiger partial charge < -0.3 is 5.73 Å². The minimum atomic E-state index is -1.04. The number of benzene rings is 1. The van der Waals surface area contributed by atoms with E-state index in [4.69, 9.17) is 11.0 Å². The number of hydrogen-bond acceptors (Lipinski definition) is 3. The zero-order valence-electron chi connectivity index (χ0n) is 9.40. The topological polar surface area (TPSA) is 66.9 Å². The highest BCUT2D eigenvalue weighted by Crippen LogP contribution is 2.18. The van der Waals surface area contributed by atoms with Gasteiger partial charge in [-0.15, -0.1) is 0 Å². The second kappa shape index (κ2) is 6.29. The Kier molecular flexibility index (Phi) is 5.00. The van der Waals surface area contributed by atoms with Gasteiger partial charge in [0, 0.05) is 17.9 Å². The SMILES string of the molecule is Cc1ccc(S(=O)CCCCC#N)c(N)c1. The Morgan fingerprint density at radius 3 is 2.81 bits per heavy atom. The van der Waals surface area contributed by atoms with Gasteiger partial charge in [-0.1, -0.05) is 6.07 Å². The molecule has 0 saturated heterocycles. The van der Waals surface area contributed by atoms with Gasteiger partial charge in [0.15, 0.2) is 0 Å². The lowest BCUT2D eigenvalue weighted by atomic mass is 10.2. The third kappa shape index (κ3) is 3.67. The van der Waals surface area contributed by atoms with Crippen LogP contribution in [-0.4, -0.2) is 9.96 Å². The minimum Gasteiger partial charge on any atom is -0.398 e. The van der Waals surface area contributed by atoms with Crippen molar-refractivity contribution in [1.82, 2.24) is 0 Å². The summed E-state index contributed by atoms with van der Waals surface area (Å²) in [6.07, 6.45) is 2.13. The van der Waals surface area contributed by atoms with Gasteiger partial charge in [-0.25, -0.2) is 0 Å². The molecule has 0 spiro atoms. The van der Waals surface area contributed by atoms with Crippen LogP contribution in [0.25, 0.3) is 0 Å². The van der Waals surface area contributed by atoms with Gasteiger partial charge in [0.05, 0.1) is 21.8 Å². The third-order valence-electron chi connectivity index (χ3n) is 2.28. The summed E-state index contributed by atoms with van der Waals surface area (Å²) in [7, 11) is -1.04. The van der Waals surface area contributed by atoms with E-state index in [0.717, 1.165) is 18.4 Å². The number of nitrogens with two attached hydrogens (primary N) is 1. The molecule has 3 nitrogen and oxygen atoms in total. The summed E-state index contributed by atoms with van der Waals surface area (Å²) in [5, 5.41) is 8.38. The van der Waals surface area contributed by atoms with Gasteiger partial charge in [0.25, 0.3) is 0 Å². The summed E-state index contributed by atoms with van der Waals surface area (Å²) in [4.78, 5) is 0.711. The van der Waals surface area contributed by atoms with Crippen LogP contribution < -0.4 is 5.73 Å². The second-order valence-electron chi connectivity index (χ2n) is 3.71. The van der Waals surface area contributed by atoms with Crippen molar-refractivity contribution in [2.75, 3.05) is 11.5 Å². The van der Waals surface area contributed by atoms with Crippen molar-refractivity contribution in [2.45, 2.75) is 31.1 Å². The lowest BCUT2D eigenvalue weighted by Crippen LogP contribution is -2.02. The van der Waals surface area contributed by atoms with Crippen LogP contribution in [0.3, 0.4) is 0 Å². The highest BCUT2D eigenvalue weighted by atomic mass is 32.2. The molecule has 4 heteroatoms. The first-order valence-electron chi connectivity index (χ1n) is 5.26. The summed E-state index contributed by atoms with van der Waals surface area (Å²) in [5.41, 5.74) is 7.48. The molecular weight excluding hydrogens is 220 g/mol. The fraction of sp³-hybridized carbons (Fsp3) is 0.417. The van der Waals surface area contributed by atoms with E-state index in [2.05, 4.69) is 6.07 Å². The van der Waals surface area contributed by atoms with Gasteiger partial charge in [0.1, 0.15) is 0 Å². The number of hydrogen-bond donors (Lipinski definition) is 1. The highest BCUT2D eigenvalue weighted by molar-refractivity contribution is 7.85. The standard InChI is InChI=1S/C12H16N2OS/c1-10-5-6-12(11(14)9-10)16(15)8-4-2-3-7-13/h5-6,9H,2-4,8,14H2,1H3. The first-order chi connectivity index (χ1) is 7.65. The molecule has 0 radical (unpaired) electrons. The molecule has 0 fully saturated rings. The number of aryl methyl sites for hydroxylation is 1. The predicted molar refractivity (Wildman–Crippen MR) is 66.3 cm³/mol. The third-order valence-corrected chi connectivity index (χ3v) is 3.80. The van der Waals surface area contributed by atoms with Gasteiger partial charge >= 0.3 is 0 Å². The quantitative estimate of drug-likeness (QED) is 0.630. The Balaban J connectivity index is 2.57. The molecule has 0 saturated carbocycles. The van der Waals surface area contributed by atoms with Crippen LogP contribution in [0.1, 0.15) is 24.8 Å². The number of unbranched alkanes of at least 4 members (excludes halogenated alkanes) is 2. The molecule has 86 valence electrons. The van der Waals surface area contributed by atoms with E-state index in [-0.39, 0.29) is 0 Å². The number of nitrogens with zero attached hydrogens (tertiary/aromatic N) is 1. The van der Waals surface area contributed by atoms with Crippen LogP contribution in [-0.2, 0) is 10.8 Å². The van der Waals surface area contributed by atoms with Gasteiger partial charge in [0.2, 0.25) is 0 Å². The molecule has 0 aliphatic rings. The van der Waals surface area contributed by atoms with E-state index in [0.29, 0.717) is 22.8 Å². The molecule has 0 amide bonds. The van der Waals surface area contributed by atoms with Crippen LogP contribution in [0.5, 0.6) is 0 Å². The van der Waals surface area contributed by atoms with Gasteiger partial charge in [-0.2, -0.15) is 5.26 Å². The summed E-state index contributed by atoms with van der Waals surface area (Å²) in [6, 6.07) is 7.65. The molecule has 0 heterocycles. The van der Waals surface area contributed by atoms with Crippen molar-refractivity contribution in [2.24, 2.45) is 0 Å². The van der Waals surface area contributed by atoms with Crippen LogP contribution in [0.15, 0.2) is 23.1 Å². The van der Waals surface area contributed by atoms with Crippen LogP contribution in [0, 0.1) is 18.3 Å². The largest absolute Gasteiger partial charge is 0.398 e. The molecule has 1 atom stereocenters. The molecule has 0 aliphatic carbocycles. The number of nitrogen functional groups attached to an aromatic ring is 1. The fourth-order valence-electron chi connectivity index (χ4n) is 1.42. The van der Waals surface area contributed by atoms with Gasteiger partial charge in [-0.3, -0.25) is 4.21 Å². The maximum atomic E-state index is 11.9. The molecule has 0 bridgehead atoms. The van der Waals surface area contributed by atoms with E-state index in [1.54, 1.807) is 0 Å². The first kappa shape index (κ1) is 12.7. The smallest absolute Gasteiger partial charge is 0.0621 e. The number of anilines is 1. The Morgan fingerprint density at radius 2 is 2.19 bits per heavy atom. The van der Waals surface area contributed by atoms with Crippen molar-refractivity contribution in [1.29, 1.82) is 5.26 Å². The molecule has 2 N–H and O–H groups in total. The predicted octanol–water partition coefficient (Wildman–Crippen LogP) is 2.38. The summed E-state index contributed by atoms with van der Waals surface area (Å²) >= 11 is 0. The maximum Gasteiger partial charge on any atom is 0.0621 e. The molecular formula is C12H16N2OS. The normalized spacial score (nSPS) is 12.0. The molecule has 1 aromatic carbocycles. The zero-order valence-corrected chi connectivity index (χ0v) is 10.2. The average molecular weight is 236 g/mol. The molecule has 1 aromatic rings. The molecule has 1 rings (SSSR count). The van der Waals surface area contributed by atoms with Crippen molar-refractivity contribution < 1.29 is 4.21 Å². The summed E-state index contributed by atoms with van der Waals surface area (Å²) in [5.74, 6) is 0.578. The van der Waals surface area contributed by atoms with E-state index in [1.807, 2.05) is 25.1 Å². The zero-order chi connectivity index (χ0) is 12.0. The van der Waals surface area contributed by atoms with E-state index < -0.39 is 10.8 Å². The molecule has 1 unspecified atom stereocenters. The Bertz CT molecular complexity index is 424. The fourth-order valence-corrected chi connectivity index (χ4v) is 2.65. The monoisotopic (exact) mass is 236 g/mol. The van der Waals surface area contributed by atoms with Crippen LogP contribution >= 0.6 is 0 Å². The van der Waals surface area contributed by atoms with Crippen molar-refractivity contribution in [3.8, 4) is 6.07 Å². The van der Waals surface area contributed by atoms with Crippen molar-refractivity contribution >= 4 is 16.5 Å². The number of nitriles is 1. The summed E-state index contributed by atoms with van der Waals surface area (Å²) in [6.45, 7) is 1.95. The van der Waals surface area contributed by atoms with Gasteiger partial charge in [-0.05, 0) is 37.5 Å². The number of rotatable bonds is 5. The lowest BCUT2D eigenvalue weighted by molar-refractivity contribution is 0.678. The Morgan fingerprint density at radius 1 is 1.44 bits per heavy atom. The van der Waals surface area contributed by atoms with Crippen molar-refractivity contribution in [3.63, 3.8) is 0 Å². The minimum absolute atomic E-state index is 0.528. The highest BCUT2D eigenvalue weighted by Gasteiger charge is 2.07. The molecule has 0 aliphatic heterocycles. The van der Waals surface area contributed by atoms with Crippen LogP contribution in [0.2, 0.25) is 0 Å². The Hall–Kier alpha value is -1.34. The Labute approximate surface area is 98.7 Å². The molecule has 16 heavy (non-hydrogen) atoms. The van der Waals surface area contributed by atoms with Crippen molar-refractivity contribution in [3.05, 3.63) is 23.8 Å². The summed E-state index contributed by atoms with van der Waals surface area (Å²) < 4.78 is 11.9. The van der Waals surface area contributed by atoms with E-state index in [1.165, 1.54) is 0 Å². The maximum absolute atomic E-state index is 11.9. The lowest BCUT2D eigenvalue weighted by Gasteiger charge is -2.06. The van der Waals surface area contributed by atoms with E-state index >= 15 is 0 Å². The first-order valence-corrected chi connectivity index (χ1v) is 6.58.